The number of rotatable bonds is 12. The van der Waals surface area contributed by atoms with E-state index in [2.05, 4.69) is 13.8 Å². The van der Waals surface area contributed by atoms with Crippen molar-refractivity contribution in [3.63, 3.8) is 0 Å². The van der Waals surface area contributed by atoms with Crippen molar-refractivity contribution in [3.05, 3.63) is 72.0 Å². The third-order valence-electron chi connectivity index (χ3n) is 4.65. The summed E-state index contributed by atoms with van der Waals surface area (Å²) in [4.78, 5) is 9.57. The van der Waals surface area contributed by atoms with Gasteiger partial charge in [-0.25, -0.2) is 0 Å². The van der Waals surface area contributed by atoms with Crippen LogP contribution >= 0.6 is 0 Å². The van der Waals surface area contributed by atoms with Gasteiger partial charge in [-0.05, 0) is 49.2 Å². The molecule has 154 valence electrons. The van der Waals surface area contributed by atoms with Crippen LogP contribution in [0.1, 0.15) is 62.6 Å². The fourth-order valence-corrected chi connectivity index (χ4v) is 2.99. The molecule has 5 nitrogen and oxygen atoms in total. The maximum absolute atomic E-state index is 6.22. The summed E-state index contributed by atoms with van der Waals surface area (Å²) in [5.41, 5.74) is 1.82. The SMILES string of the molecule is CCCCN=C(Cc1ccco1)c1ccc(C(Cc2ccco2)=NCCCC)o1. The standard InChI is InChI=1S/C24H30N2O3/c1-3-5-13-25-21(17-19-9-7-15-27-19)23-11-12-24(29-23)22(26-14-6-4-2)18-20-10-8-16-28-20/h7-12,15-16H,3-6,13-14,17-18H2,1-2H3. The lowest BCUT2D eigenvalue weighted by molar-refractivity contribution is 0.515. The quantitative estimate of drug-likeness (QED) is 0.274. The Hall–Kier alpha value is -2.82. The molecule has 3 aromatic rings. The van der Waals surface area contributed by atoms with Gasteiger partial charge in [-0.1, -0.05) is 26.7 Å². The van der Waals surface area contributed by atoms with E-state index in [4.69, 9.17) is 23.2 Å². The van der Waals surface area contributed by atoms with Crippen LogP contribution in [0.25, 0.3) is 0 Å². The van der Waals surface area contributed by atoms with Gasteiger partial charge in [-0.15, -0.1) is 0 Å². The van der Waals surface area contributed by atoms with Crippen LogP contribution in [-0.2, 0) is 12.8 Å². The van der Waals surface area contributed by atoms with E-state index in [1.54, 1.807) is 12.5 Å². The van der Waals surface area contributed by atoms with Gasteiger partial charge in [-0.3, -0.25) is 9.98 Å². The first-order chi connectivity index (χ1) is 14.3. The van der Waals surface area contributed by atoms with E-state index in [0.29, 0.717) is 12.8 Å². The van der Waals surface area contributed by atoms with Crippen LogP contribution in [0.2, 0.25) is 0 Å². The summed E-state index contributed by atoms with van der Waals surface area (Å²) in [6.07, 6.45) is 8.93. The Labute approximate surface area is 172 Å². The van der Waals surface area contributed by atoms with Crippen LogP contribution < -0.4 is 0 Å². The summed E-state index contributed by atoms with van der Waals surface area (Å²) >= 11 is 0. The average Bonchev–Trinajstić information content (AvgIpc) is 3.49. The molecule has 0 saturated heterocycles. The Morgan fingerprint density at radius 2 is 1.21 bits per heavy atom. The molecule has 0 aromatic carbocycles. The zero-order valence-corrected chi connectivity index (χ0v) is 17.4. The second-order valence-corrected chi connectivity index (χ2v) is 7.04. The highest BCUT2D eigenvalue weighted by molar-refractivity contribution is 6.03. The van der Waals surface area contributed by atoms with E-state index in [1.165, 1.54) is 0 Å². The Morgan fingerprint density at radius 3 is 1.59 bits per heavy atom. The Kier molecular flexibility index (Phi) is 8.11. The lowest BCUT2D eigenvalue weighted by Gasteiger charge is -2.05. The van der Waals surface area contributed by atoms with Crippen molar-refractivity contribution in [1.29, 1.82) is 0 Å². The number of unbranched alkanes of at least 4 members (excludes halogenated alkanes) is 2. The molecule has 0 fully saturated rings. The first-order valence-corrected chi connectivity index (χ1v) is 10.5. The largest absolute Gasteiger partial charge is 0.469 e. The molecule has 0 aliphatic rings. The molecular weight excluding hydrogens is 364 g/mol. The van der Waals surface area contributed by atoms with E-state index in [-0.39, 0.29) is 0 Å². The number of aliphatic imine (C=N–C) groups is 2. The average molecular weight is 395 g/mol. The fraction of sp³-hybridized carbons (Fsp3) is 0.417. The van der Waals surface area contributed by atoms with Gasteiger partial charge >= 0.3 is 0 Å². The predicted octanol–water partition coefficient (Wildman–Crippen LogP) is 6.13. The molecule has 3 aromatic heterocycles. The van der Waals surface area contributed by atoms with Crippen LogP contribution in [-0.4, -0.2) is 24.5 Å². The first-order valence-electron chi connectivity index (χ1n) is 10.5. The molecule has 0 bridgehead atoms. The third-order valence-corrected chi connectivity index (χ3v) is 4.65. The van der Waals surface area contributed by atoms with Crippen molar-refractivity contribution in [3.8, 4) is 0 Å². The molecule has 0 spiro atoms. The van der Waals surface area contributed by atoms with Gasteiger partial charge in [0.25, 0.3) is 0 Å². The minimum absolute atomic E-state index is 0.615. The van der Waals surface area contributed by atoms with Crippen molar-refractivity contribution in [1.82, 2.24) is 0 Å². The van der Waals surface area contributed by atoms with Crippen LogP contribution in [0.15, 0.2) is 72.2 Å². The van der Waals surface area contributed by atoms with Crippen LogP contribution in [0, 0.1) is 0 Å². The van der Waals surface area contributed by atoms with Gasteiger partial charge in [0, 0.05) is 13.1 Å². The summed E-state index contributed by atoms with van der Waals surface area (Å²) in [5.74, 6) is 3.31. The Balaban J connectivity index is 1.82. The molecule has 3 rings (SSSR count). The van der Waals surface area contributed by atoms with Gasteiger partial charge in [0.1, 0.15) is 23.0 Å². The zero-order valence-electron chi connectivity index (χ0n) is 17.4. The maximum atomic E-state index is 6.22. The van der Waals surface area contributed by atoms with Crippen LogP contribution in [0.5, 0.6) is 0 Å². The molecule has 29 heavy (non-hydrogen) atoms. The molecule has 0 aliphatic carbocycles. The highest BCUT2D eigenvalue weighted by Gasteiger charge is 2.16. The topological polar surface area (TPSA) is 64.1 Å². The summed E-state index contributed by atoms with van der Waals surface area (Å²) in [6.45, 7) is 5.90. The molecule has 5 heteroatoms. The van der Waals surface area contributed by atoms with Crippen molar-refractivity contribution in [2.24, 2.45) is 9.98 Å². The van der Waals surface area contributed by atoms with Gasteiger partial charge in [-0.2, -0.15) is 0 Å². The zero-order chi connectivity index (χ0) is 20.3. The number of hydrogen-bond donors (Lipinski definition) is 0. The van der Waals surface area contributed by atoms with Crippen molar-refractivity contribution in [2.45, 2.75) is 52.4 Å². The van der Waals surface area contributed by atoms with Crippen LogP contribution in [0.3, 0.4) is 0 Å². The molecule has 0 amide bonds. The smallest absolute Gasteiger partial charge is 0.149 e. The maximum Gasteiger partial charge on any atom is 0.149 e. The Morgan fingerprint density at radius 1 is 0.724 bits per heavy atom. The molecule has 0 saturated carbocycles. The second kappa shape index (κ2) is 11.2. The predicted molar refractivity (Wildman–Crippen MR) is 116 cm³/mol. The molecule has 3 heterocycles. The van der Waals surface area contributed by atoms with E-state index in [9.17, 15) is 0 Å². The lowest BCUT2D eigenvalue weighted by atomic mass is 10.1. The monoisotopic (exact) mass is 394 g/mol. The fourth-order valence-electron chi connectivity index (χ4n) is 2.99. The Bertz CT molecular complexity index is 814. The lowest BCUT2D eigenvalue weighted by Crippen LogP contribution is -2.07. The minimum atomic E-state index is 0.615. The molecule has 0 aliphatic heterocycles. The summed E-state index contributed by atoms with van der Waals surface area (Å²) in [7, 11) is 0. The van der Waals surface area contributed by atoms with Crippen molar-refractivity contribution < 1.29 is 13.3 Å². The van der Waals surface area contributed by atoms with E-state index in [1.807, 2.05) is 36.4 Å². The second-order valence-electron chi connectivity index (χ2n) is 7.04. The minimum Gasteiger partial charge on any atom is -0.469 e. The van der Waals surface area contributed by atoms with Crippen molar-refractivity contribution >= 4 is 11.4 Å². The van der Waals surface area contributed by atoms with Crippen LogP contribution in [0.4, 0.5) is 0 Å². The highest BCUT2D eigenvalue weighted by Crippen LogP contribution is 2.17. The normalized spacial score (nSPS) is 12.6. The molecule has 0 atom stereocenters. The van der Waals surface area contributed by atoms with E-state index < -0.39 is 0 Å². The van der Waals surface area contributed by atoms with E-state index >= 15 is 0 Å². The van der Waals surface area contributed by atoms with Gasteiger partial charge in [0.2, 0.25) is 0 Å². The van der Waals surface area contributed by atoms with E-state index in [0.717, 1.165) is 73.2 Å². The summed E-state index contributed by atoms with van der Waals surface area (Å²) in [5, 5.41) is 0. The first kappa shape index (κ1) is 20.9. The highest BCUT2D eigenvalue weighted by atomic mass is 16.3. The number of furan rings is 3. The van der Waals surface area contributed by atoms with Gasteiger partial charge in [0.05, 0.1) is 36.8 Å². The number of nitrogens with zero attached hydrogens (tertiary/aromatic N) is 2. The summed E-state index contributed by atoms with van der Waals surface area (Å²) in [6, 6.07) is 11.7. The summed E-state index contributed by atoms with van der Waals surface area (Å²) < 4.78 is 17.3. The molecule has 0 N–H and O–H groups in total. The third kappa shape index (κ3) is 6.34. The molecular formula is C24H30N2O3. The van der Waals surface area contributed by atoms with Gasteiger partial charge in [0.15, 0.2) is 0 Å². The molecule has 0 unspecified atom stereocenters. The van der Waals surface area contributed by atoms with Crippen molar-refractivity contribution in [2.75, 3.05) is 13.1 Å². The molecule has 0 radical (unpaired) electrons. The van der Waals surface area contributed by atoms with Gasteiger partial charge < -0.3 is 13.3 Å². The number of hydrogen-bond acceptors (Lipinski definition) is 5.